The average Bonchev–Trinajstić information content (AvgIpc) is 2.74. The second-order valence-corrected chi connectivity index (χ2v) is 3.75. The van der Waals surface area contributed by atoms with Crippen LogP contribution >= 0.6 is 0 Å². The highest BCUT2D eigenvalue weighted by atomic mass is 15.1. The molecule has 1 aromatic rings. The standard InChI is InChI=1S/C11H16N2.C2H6/c1-10-5-4-6-11(12-10)9-13-7-2-3-8-13;1-2/h4-6H,2-3,7-9H2,1H3;1-2H3. The maximum atomic E-state index is 4.50. The summed E-state index contributed by atoms with van der Waals surface area (Å²) >= 11 is 0. The molecule has 1 aliphatic heterocycles. The summed E-state index contributed by atoms with van der Waals surface area (Å²) in [4.78, 5) is 6.97. The first-order valence-electron chi connectivity index (χ1n) is 5.99. The van der Waals surface area contributed by atoms with Crippen molar-refractivity contribution < 1.29 is 0 Å². The van der Waals surface area contributed by atoms with Crippen molar-refractivity contribution in [2.45, 2.75) is 40.2 Å². The minimum Gasteiger partial charge on any atom is -0.298 e. The summed E-state index contributed by atoms with van der Waals surface area (Å²) in [5.74, 6) is 0. The molecule has 0 atom stereocenters. The van der Waals surface area contributed by atoms with Crippen molar-refractivity contribution in [1.82, 2.24) is 9.88 Å². The Morgan fingerprint density at radius 2 is 1.87 bits per heavy atom. The van der Waals surface area contributed by atoms with Gasteiger partial charge in [-0.05, 0) is 45.0 Å². The SMILES string of the molecule is CC.Cc1cccc(CN2CCCC2)n1. The summed E-state index contributed by atoms with van der Waals surface area (Å²) in [6.45, 7) is 9.57. The van der Waals surface area contributed by atoms with Gasteiger partial charge in [-0.3, -0.25) is 9.88 Å². The van der Waals surface area contributed by atoms with Gasteiger partial charge in [-0.15, -0.1) is 0 Å². The molecule has 0 spiro atoms. The van der Waals surface area contributed by atoms with E-state index in [0.29, 0.717) is 0 Å². The third-order valence-corrected chi connectivity index (χ3v) is 2.53. The lowest BCUT2D eigenvalue weighted by atomic mass is 10.3. The quantitative estimate of drug-likeness (QED) is 0.739. The van der Waals surface area contributed by atoms with Crippen LogP contribution in [0.15, 0.2) is 18.2 Å². The lowest BCUT2D eigenvalue weighted by Gasteiger charge is -2.13. The zero-order valence-electron chi connectivity index (χ0n) is 10.2. The molecule has 2 rings (SSSR count). The number of aryl methyl sites for hydroxylation is 1. The Bertz CT molecular complexity index is 278. The summed E-state index contributed by atoms with van der Waals surface area (Å²) in [5, 5.41) is 0. The molecule has 2 heteroatoms. The number of aromatic nitrogens is 1. The molecule has 84 valence electrons. The summed E-state index contributed by atoms with van der Waals surface area (Å²) in [5.41, 5.74) is 2.33. The van der Waals surface area contributed by atoms with Crippen molar-refractivity contribution in [3.63, 3.8) is 0 Å². The van der Waals surface area contributed by atoms with Crippen LogP contribution in [-0.2, 0) is 6.54 Å². The molecule has 0 unspecified atom stereocenters. The van der Waals surface area contributed by atoms with Crippen LogP contribution in [-0.4, -0.2) is 23.0 Å². The van der Waals surface area contributed by atoms with E-state index in [9.17, 15) is 0 Å². The van der Waals surface area contributed by atoms with Crippen LogP contribution in [0.1, 0.15) is 38.1 Å². The second kappa shape index (κ2) is 6.57. The molecule has 1 aromatic heterocycles. The predicted molar refractivity (Wildman–Crippen MR) is 64.8 cm³/mol. The fourth-order valence-corrected chi connectivity index (χ4v) is 1.86. The molecule has 0 saturated carbocycles. The van der Waals surface area contributed by atoms with Crippen LogP contribution in [0, 0.1) is 6.92 Å². The van der Waals surface area contributed by atoms with Gasteiger partial charge in [-0.1, -0.05) is 19.9 Å². The lowest BCUT2D eigenvalue weighted by molar-refractivity contribution is 0.327. The summed E-state index contributed by atoms with van der Waals surface area (Å²) in [7, 11) is 0. The van der Waals surface area contributed by atoms with Crippen molar-refractivity contribution in [1.29, 1.82) is 0 Å². The van der Waals surface area contributed by atoms with E-state index >= 15 is 0 Å². The Labute approximate surface area is 93.3 Å². The van der Waals surface area contributed by atoms with Gasteiger partial charge in [0.05, 0.1) is 5.69 Å². The third kappa shape index (κ3) is 4.00. The van der Waals surface area contributed by atoms with Crippen molar-refractivity contribution in [2.24, 2.45) is 0 Å². The Hall–Kier alpha value is -0.890. The molecule has 15 heavy (non-hydrogen) atoms. The fraction of sp³-hybridized carbons (Fsp3) is 0.615. The largest absolute Gasteiger partial charge is 0.298 e. The molecule has 0 bridgehead atoms. The topological polar surface area (TPSA) is 16.1 Å². The predicted octanol–water partition coefficient (Wildman–Crippen LogP) is 3.01. The molecule has 2 nitrogen and oxygen atoms in total. The lowest BCUT2D eigenvalue weighted by Crippen LogP contribution is -2.19. The second-order valence-electron chi connectivity index (χ2n) is 3.75. The molecule has 0 amide bonds. The number of rotatable bonds is 2. The molecule has 2 heterocycles. The highest BCUT2D eigenvalue weighted by Gasteiger charge is 2.11. The molecule has 0 aromatic carbocycles. The number of hydrogen-bond acceptors (Lipinski definition) is 2. The summed E-state index contributed by atoms with van der Waals surface area (Å²) in [6, 6.07) is 6.26. The van der Waals surface area contributed by atoms with E-state index in [4.69, 9.17) is 0 Å². The van der Waals surface area contributed by atoms with E-state index in [0.717, 1.165) is 12.2 Å². The normalized spacial score (nSPS) is 15.9. The monoisotopic (exact) mass is 206 g/mol. The molecule has 1 fully saturated rings. The van der Waals surface area contributed by atoms with Crippen LogP contribution in [0.25, 0.3) is 0 Å². The minimum absolute atomic E-state index is 1.03. The molecule has 0 radical (unpaired) electrons. The van der Waals surface area contributed by atoms with Crippen molar-refractivity contribution >= 4 is 0 Å². The van der Waals surface area contributed by atoms with Crippen LogP contribution in [0.2, 0.25) is 0 Å². The van der Waals surface area contributed by atoms with E-state index < -0.39 is 0 Å². The van der Waals surface area contributed by atoms with Crippen LogP contribution < -0.4 is 0 Å². The first-order chi connectivity index (χ1) is 7.34. The number of likely N-dealkylation sites (tertiary alicyclic amines) is 1. The minimum atomic E-state index is 1.03. The van der Waals surface area contributed by atoms with E-state index in [-0.39, 0.29) is 0 Å². The fourth-order valence-electron chi connectivity index (χ4n) is 1.86. The highest BCUT2D eigenvalue weighted by Crippen LogP contribution is 2.11. The van der Waals surface area contributed by atoms with Crippen molar-refractivity contribution in [2.75, 3.05) is 13.1 Å². The maximum absolute atomic E-state index is 4.50. The van der Waals surface area contributed by atoms with Gasteiger partial charge in [0.1, 0.15) is 0 Å². The van der Waals surface area contributed by atoms with Gasteiger partial charge in [-0.25, -0.2) is 0 Å². The summed E-state index contributed by atoms with van der Waals surface area (Å²) in [6.07, 6.45) is 2.71. The van der Waals surface area contributed by atoms with Gasteiger partial charge >= 0.3 is 0 Å². The van der Waals surface area contributed by atoms with Gasteiger partial charge < -0.3 is 0 Å². The Kier molecular flexibility index (Phi) is 5.33. The van der Waals surface area contributed by atoms with Crippen molar-refractivity contribution in [3.05, 3.63) is 29.6 Å². The highest BCUT2D eigenvalue weighted by molar-refractivity contribution is 5.09. The van der Waals surface area contributed by atoms with E-state index in [2.05, 4.69) is 22.0 Å². The van der Waals surface area contributed by atoms with Crippen LogP contribution in [0.4, 0.5) is 0 Å². The number of nitrogens with zero attached hydrogens (tertiary/aromatic N) is 2. The molecular weight excluding hydrogens is 184 g/mol. The van der Waals surface area contributed by atoms with Gasteiger partial charge in [0.2, 0.25) is 0 Å². The number of hydrogen-bond donors (Lipinski definition) is 0. The first-order valence-corrected chi connectivity index (χ1v) is 5.99. The van der Waals surface area contributed by atoms with Crippen LogP contribution in [0.3, 0.4) is 0 Å². The van der Waals surface area contributed by atoms with Crippen molar-refractivity contribution in [3.8, 4) is 0 Å². The molecule has 0 aliphatic carbocycles. The van der Waals surface area contributed by atoms with E-state index in [1.165, 1.54) is 31.6 Å². The van der Waals surface area contributed by atoms with Gasteiger partial charge in [0.15, 0.2) is 0 Å². The van der Waals surface area contributed by atoms with Gasteiger partial charge in [-0.2, -0.15) is 0 Å². The van der Waals surface area contributed by atoms with E-state index in [1.807, 2.05) is 26.8 Å². The first kappa shape index (κ1) is 12.2. The average molecular weight is 206 g/mol. The smallest absolute Gasteiger partial charge is 0.0547 e. The Morgan fingerprint density at radius 3 is 2.47 bits per heavy atom. The van der Waals surface area contributed by atoms with Gasteiger partial charge in [0.25, 0.3) is 0 Å². The Balaban J connectivity index is 0.000000531. The Morgan fingerprint density at radius 1 is 1.20 bits per heavy atom. The zero-order chi connectivity index (χ0) is 11.1. The molecule has 0 N–H and O–H groups in total. The zero-order valence-corrected chi connectivity index (χ0v) is 10.2. The molecule has 1 aliphatic rings. The summed E-state index contributed by atoms with van der Waals surface area (Å²) < 4.78 is 0. The molecule has 1 saturated heterocycles. The third-order valence-electron chi connectivity index (χ3n) is 2.53. The van der Waals surface area contributed by atoms with Crippen LogP contribution in [0.5, 0.6) is 0 Å². The molecular formula is C13H22N2. The maximum Gasteiger partial charge on any atom is 0.0547 e. The van der Waals surface area contributed by atoms with E-state index in [1.54, 1.807) is 0 Å². The van der Waals surface area contributed by atoms with Gasteiger partial charge in [0, 0.05) is 12.2 Å². The number of pyridine rings is 1.